The quantitative estimate of drug-likeness (QED) is 0.514. The molecule has 0 saturated heterocycles. The third-order valence-electron chi connectivity index (χ3n) is 3.77. The first-order chi connectivity index (χ1) is 11.5. The summed E-state index contributed by atoms with van der Waals surface area (Å²) in [6.45, 7) is 1.99. The summed E-state index contributed by atoms with van der Waals surface area (Å²) in [5, 5.41) is 0.0754. The van der Waals surface area contributed by atoms with Gasteiger partial charge in [-0.25, -0.2) is 9.97 Å². The van der Waals surface area contributed by atoms with Crippen LogP contribution in [0.15, 0.2) is 47.7 Å². The molecule has 4 aromatic rings. The third kappa shape index (κ3) is 2.31. The van der Waals surface area contributed by atoms with E-state index < -0.39 is 5.24 Å². The van der Waals surface area contributed by atoms with Crippen LogP contribution in [0, 0.1) is 6.92 Å². The van der Waals surface area contributed by atoms with E-state index in [-0.39, 0.29) is 11.1 Å². The first-order valence-corrected chi connectivity index (χ1v) is 8.31. The molecule has 0 atom stereocenters. The summed E-state index contributed by atoms with van der Waals surface area (Å²) in [7, 11) is 0. The first kappa shape index (κ1) is 15.0. The Kier molecular flexibility index (Phi) is 3.44. The molecule has 0 aliphatic heterocycles. The summed E-state index contributed by atoms with van der Waals surface area (Å²) < 4.78 is 2.00. The fraction of sp³-hybridized carbons (Fsp3) is 0.0588. The summed E-state index contributed by atoms with van der Waals surface area (Å²) in [6, 6.07) is 9.26. The van der Waals surface area contributed by atoms with E-state index in [0.29, 0.717) is 20.4 Å². The second-order valence-electron chi connectivity index (χ2n) is 5.39. The van der Waals surface area contributed by atoms with Crippen molar-refractivity contribution in [3.8, 4) is 5.69 Å². The summed E-state index contributed by atoms with van der Waals surface area (Å²) in [5.74, 6) is 0. The number of rotatable bonds is 2. The van der Waals surface area contributed by atoms with Gasteiger partial charge < -0.3 is 0 Å². The minimum atomic E-state index is -0.586. The first-order valence-electron chi connectivity index (χ1n) is 7.11. The SMILES string of the molecule is Cc1ccc(-n2cnc3c(sc4ncc(C(=O)Cl)cc43)c2=O)cc1. The normalized spacial score (nSPS) is 11.2. The lowest BCUT2D eigenvalue weighted by atomic mass is 10.2. The van der Waals surface area contributed by atoms with E-state index in [1.165, 1.54) is 28.4 Å². The summed E-state index contributed by atoms with van der Waals surface area (Å²) in [5.41, 5.74) is 2.53. The van der Waals surface area contributed by atoms with Crippen molar-refractivity contribution in [2.45, 2.75) is 6.92 Å². The van der Waals surface area contributed by atoms with Crippen LogP contribution >= 0.6 is 22.9 Å². The Morgan fingerprint density at radius 2 is 1.96 bits per heavy atom. The van der Waals surface area contributed by atoms with Crippen molar-refractivity contribution in [1.82, 2.24) is 14.5 Å². The fourth-order valence-electron chi connectivity index (χ4n) is 2.52. The van der Waals surface area contributed by atoms with Crippen molar-refractivity contribution in [2.24, 2.45) is 0 Å². The molecule has 4 rings (SSSR count). The Morgan fingerprint density at radius 3 is 2.67 bits per heavy atom. The molecule has 1 aromatic carbocycles. The Hall–Kier alpha value is -2.57. The van der Waals surface area contributed by atoms with Crippen LogP contribution in [0.2, 0.25) is 0 Å². The molecule has 0 amide bonds. The highest BCUT2D eigenvalue weighted by atomic mass is 35.5. The largest absolute Gasteiger partial charge is 0.276 e. The van der Waals surface area contributed by atoms with Gasteiger partial charge in [0.25, 0.3) is 10.8 Å². The van der Waals surface area contributed by atoms with Crippen molar-refractivity contribution >= 4 is 48.6 Å². The van der Waals surface area contributed by atoms with Gasteiger partial charge in [0.15, 0.2) is 0 Å². The van der Waals surface area contributed by atoms with Gasteiger partial charge in [-0.05, 0) is 36.7 Å². The Labute approximate surface area is 145 Å². The van der Waals surface area contributed by atoms with E-state index in [4.69, 9.17) is 11.6 Å². The van der Waals surface area contributed by atoms with Crippen molar-refractivity contribution in [2.75, 3.05) is 0 Å². The van der Waals surface area contributed by atoms with E-state index in [0.717, 1.165) is 11.3 Å². The Balaban J connectivity index is 1.99. The molecule has 0 unspecified atom stereocenters. The number of pyridine rings is 1. The maximum Gasteiger partial charge on any atom is 0.275 e. The number of thiophene rings is 1. The molecule has 0 fully saturated rings. The van der Waals surface area contributed by atoms with Crippen LogP contribution in [0.3, 0.4) is 0 Å². The third-order valence-corrected chi connectivity index (χ3v) is 5.08. The van der Waals surface area contributed by atoms with Crippen LogP contribution in [0.25, 0.3) is 26.1 Å². The number of benzene rings is 1. The standard InChI is InChI=1S/C17H10ClN3O2S/c1-9-2-4-11(5-3-9)21-8-20-13-12-6-10(15(18)22)7-19-16(12)24-14(13)17(21)23/h2-8H,1H3. The number of hydrogen-bond donors (Lipinski definition) is 0. The summed E-state index contributed by atoms with van der Waals surface area (Å²) in [6.07, 6.45) is 2.90. The Bertz CT molecular complexity index is 1160. The molecule has 0 saturated carbocycles. The molecular formula is C17H10ClN3O2S. The fourth-order valence-corrected chi connectivity index (χ4v) is 3.63. The van der Waals surface area contributed by atoms with E-state index in [1.54, 1.807) is 6.07 Å². The maximum atomic E-state index is 12.8. The lowest BCUT2D eigenvalue weighted by Crippen LogP contribution is -2.17. The number of aryl methyl sites for hydroxylation is 1. The van der Waals surface area contributed by atoms with Crippen LogP contribution in [-0.4, -0.2) is 19.8 Å². The van der Waals surface area contributed by atoms with Gasteiger partial charge in [0.2, 0.25) is 0 Å². The van der Waals surface area contributed by atoms with Crippen LogP contribution in [0.5, 0.6) is 0 Å². The van der Waals surface area contributed by atoms with Gasteiger partial charge in [0, 0.05) is 11.6 Å². The second kappa shape index (κ2) is 5.51. The van der Waals surface area contributed by atoms with E-state index >= 15 is 0 Å². The van der Waals surface area contributed by atoms with E-state index in [9.17, 15) is 9.59 Å². The molecule has 0 radical (unpaired) electrons. The number of carbonyl (C=O) groups is 1. The number of aromatic nitrogens is 3. The van der Waals surface area contributed by atoms with Gasteiger partial charge >= 0.3 is 0 Å². The molecule has 3 aromatic heterocycles. The minimum absolute atomic E-state index is 0.161. The van der Waals surface area contributed by atoms with Crippen LogP contribution < -0.4 is 5.56 Å². The van der Waals surface area contributed by atoms with Crippen molar-refractivity contribution in [1.29, 1.82) is 0 Å². The molecule has 0 N–H and O–H groups in total. The van der Waals surface area contributed by atoms with E-state index in [2.05, 4.69) is 9.97 Å². The minimum Gasteiger partial charge on any atom is -0.276 e. The molecular weight excluding hydrogens is 346 g/mol. The average molecular weight is 356 g/mol. The van der Waals surface area contributed by atoms with Gasteiger partial charge in [0.1, 0.15) is 15.9 Å². The van der Waals surface area contributed by atoms with Gasteiger partial charge in [-0.15, -0.1) is 11.3 Å². The Morgan fingerprint density at radius 1 is 1.21 bits per heavy atom. The lowest BCUT2D eigenvalue weighted by molar-refractivity contribution is 0.108. The van der Waals surface area contributed by atoms with Gasteiger partial charge in [0.05, 0.1) is 16.8 Å². The number of fused-ring (bicyclic) bond motifs is 3. The highest BCUT2D eigenvalue weighted by Crippen LogP contribution is 2.29. The smallest absolute Gasteiger partial charge is 0.275 e. The number of carbonyl (C=O) groups excluding carboxylic acids is 1. The van der Waals surface area contributed by atoms with Gasteiger partial charge in [-0.1, -0.05) is 17.7 Å². The molecule has 7 heteroatoms. The highest BCUT2D eigenvalue weighted by molar-refractivity contribution is 7.25. The molecule has 3 heterocycles. The topological polar surface area (TPSA) is 64.8 Å². The molecule has 0 bridgehead atoms. The van der Waals surface area contributed by atoms with Crippen LogP contribution in [0.1, 0.15) is 15.9 Å². The zero-order chi connectivity index (χ0) is 16.8. The molecule has 0 spiro atoms. The van der Waals surface area contributed by atoms with Gasteiger partial charge in [-0.2, -0.15) is 0 Å². The predicted octanol–water partition coefficient (Wildman–Crippen LogP) is 3.68. The molecule has 24 heavy (non-hydrogen) atoms. The molecule has 5 nitrogen and oxygen atoms in total. The lowest BCUT2D eigenvalue weighted by Gasteiger charge is -2.05. The zero-order valence-corrected chi connectivity index (χ0v) is 14.1. The van der Waals surface area contributed by atoms with Gasteiger partial charge in [-0.3, -0.25) is 14.2 Å². The number of hydrogen-bond acceptors (Lipinski definition) is 5. The number of nitrogens with zero attached hydrogens (tertiary/aromatic N) is 3. The maximum absolute atomic E-state index is 12.8. The zero-order valence-electron chi connectivity index (χ0n) is 12.5. The van der Waals surface area contributed by atoms with Crippen molar-refractivity contribution in [3.05, 3.63) is 64.3 Å². The van der Waals surface area contributed by atoms with Crippen LogP contribution in [0.4, 0.5) is 0 Å². The van der Waals surface area contributed by atoms with Crippen molar-refractivity contribution in [3.63, 3.8) is 0 Å². The highest BCUT2D eigenvalue weighted by Gasteiger charge is 2.15. The van der Waals surface area contributed by atoms with Crippen molar-refractivity contribution < 1.29 is 4.79 Å². The average Bonchev–Trinajstić information content (AvgIpc) is 2.95. The number of halogens is 1. The molecule has 118 valence electrons. The monoisotopic (exact) mass is 355 g/mol. The molecule has 0 aliphatic rings. The second-order valence-corrected chi connectivity index (χ2v) is 6.73. The summed E-state index contributed by atoms with van der Waals surface area (Å²) in [4.78, 5) is 33.4. The summed E-state index contributed by atoms with van der Waals surface area (Å²) >= 11 is 6.77. The predicted molar refractivity (Wildman–Crippen MR) is 95.4 cm³/mol. The van der Waals surface area contributed by atoms with Crippen LogP contribution in [-0.2, 0) is 0 Å². The van der Waals surface area contributed by atoms with E-state index in [1.807, 2.05) is 31.2 Å². The molecule has 0 aliphatic carbocycles.